The number of nitrogens with one attached hydrogen (secondary N) is 1. The average molecular weight is 362 g/mol. The van der Waals surface area contributed by atoms with Gasteiger partial charge in [0.25, 0.3) is 0 Å². The summed E-state index contributed by atoms with van der Waals surface area (Å²) < 4.78 is 30.2. The summed E-state index contributed by atoms with van der Waals surface area (Å²) in [6, 6.07) is 9.54. The van der Waals surface area contributed by atoms with Crippen LogP contribution in [0.4, 0.5) is 20.3 Å². The quantitative estimate of drug-likeness (QED) is 0.666. The van der Waals surface area contributed by atoms with E-state index in [9.17, 15) is 8.78 Å². The second-order valence-corrected chi connectivity index (χ2v) is 5.39. The molecule has 2 N–H and O–H groups in total. The number of ether oxygens (including phenoxy) is 1. The van der Waals surface area contributed by atoms with Gasteiger partial charge in [-0.3, -0.25) is 0 Å². The zero-order chi connectivity index (χ0) is 18.6. The molecule has 3 aromatic rings. The number of anilines is 2. The van der Waals surface area contributed by atoms with Gasteiger partial charge in [0, 0.05) is 18.8 Å². The van der Waals surface area contributed by atoms with Crippen LogP contribution in [0.1, 0.15) is 6.92 Å². The molecule has 136 valence electrons. The molecule has 8 nitrogen and oxygen atoms in total. The highest BCUT2D eigenvalue weighted by Gasteiger charge is 2.23. The Balaban J connectivity index is 1.80. The SMILES string of the molecule is CC(F)(F)Oc1ccc(Nc2ncccc2-c2nnn(CCO)n2)cc1. The summed E-state index contributed by atoms with van der Waals surface area (Å²) in [5.41, 5.74) is 1.23. The van der Waals surface area contributed by atoms with E-state index in [0.29, 0.717) is 29.8 Å². The van der Waals surface area contributed by atoms with E-state index < -0.39 is 6.11 Å². The van der Waals surface area contributed by atoms with Gasteiger partial charge in [0.05, 0.1) is 18.7 Å². The number of hydrogen-bond donors (Lipinski definition) is 2. The van der Waals surface area contributed by atoms with Crippen molar-refractivity contribution in [3.05, 3.63) is 42.6 Å². The molecule has 0 saturated carbocycles. The van der Waals surface area contributed by atoms with Crippen LogP contribution >= 0.6 is 0 Å². The lowest BCUT2D eigenvalue weighted by Crippen LogP contribution is -2.18. The summed E-state index contributed by atoms with van der Waals surface area (Å²) in [4.78, 5) is 5.54. The Morgan fingerprint density at radius 2 is 2.00 bits per heavy atom. The van der Waals surface area contributed by atoms with Crippen molar-refractivity contribution in [3.63, 3.8) is 0 Å². The van der Waals surface area contributed by atoms with Crippen LogP contribution in [0.25, 0.3) is 11.4 Å². The summed E-state index contributed by atoms with van der Waals surface area (Å²) in [7, 11) is 0. The molecule has 2 aromatic heterocycles. The molecule has 0 radical (unpaired) electrons. The molecular weight excluding hydrogens is 346 g/mol. The number of nitrogens with zero attached hydrogens (tertiary/aromatic N) is 5. The predicted octanol–water partition coefficient (Wildman–Crippen LogP) is 2.46. The highest BCUT2D eigenvalue weighted by Crippen LogP contribution is 2.27. The van der Waals surface area contributed by atoms with Crippen molar-refractivity contribution in [2.45, 2.75) is 19.6 Å². The fourth-order valence-corrected chi connectivity index (χ4v) is 2.17. The zero-order valence-electron chi connectivity index (χ0n) is 13.8. The van der Waals surface area contributed by atoms with Gasteiger partial charge in [-0.25, -0.2) is 4.98 Å². The van der Waals surface area contributed by atoms with Crippen LogP contribution in [-0.4, -0.2) is 43.0 Å². The summed E-state index contributed by atoms with van der Waals surface area (Å²) in [5.74, 6) is 0.878. The monoisotopic (exact) mass is 362 g/mol. The van der Waals surface area contributed by atoms with Gasteiger partial charge in [0.2, 0.25) is 5.82 Å². The van der Waals surface area contributed by atoms with Crippen LogP contribution in [-0.2, 0) is 6.54 Å². The minimum Gasteiger partial charge on any atom is -0.433 e. The number of alkyl halides is 2. The second-order valence-electron chi connectivity index (χ2n) is 5.39. The minimum absolute atomic E-state index is 0.0536. The first kappa shape index (κ1) is 17.7. The maximum Gasteiger partial charge on any atom is 0.394 e. The summed E-state index contributed by atoms with van der Waals surface area (Å²) in [5, 5.41) is 24.0. The number of aromatic nitrogens is 5. The molecular formula is C16H16F2N6O2. The fourth-order valence-electron chi connectivity index (χ4n) is 2.17. The van der Waals surface area contributed by atoms with Crippen LogP contribution < -0.4 is 10.1 Å². The first-order chi connectivity index (χ1) is 12.4. The van der Waals surface area contributed by atoms with E-state index in [-0.39, 0.29) is 18.9 Å². The third-order valence-electron chi connectivity index (χ3n) is 3.22. The molecule has 0 aliphatic heterocycles. The number of benzene rings is 1. The molecule has 1 aromatic carbocycles. The van der Waals surface area contributed by atoms with Crippen molar-refractivity contribution in [2.24, 2.45) is 0 Å². The fraction of sp³-hybridized carbons (Fsp3) is 0.250. The molecule has 10 heteroatoms. The largest absolute Gasteiger partial charge is 0.433 e. The number of aliphatic hydroxyl groups excluding tert-OH is 1. The molecule has 0 unspecified atom stereocenters. The van der Waals surface area contributed by atoms with E-state index in [1.165, 1.54) is 16.9 Å². The number of tetrazole rings is 1. The summed E-state index contributed by atoms with van der Waals surface area (Å²) in [6.07, 6.45) is -1.64. The Kier molecular flexibility index (Phi) is 5.03. The van der Waals surface area contributed by atoms with Gasteiger partial charge in [0.15, 0.2) is 0 Å². The van der Waals surface area contributed by atoms with E-state index in [0.717, 1.165) is 0 Å². The lowest BCUT2D eigenvalue weighted by atomic mass is 10.2. The van der Waals surface area contributed by atoms with Gasteiger partial charge in [-0.15, -0.1) is 10.2 Å². The third kappa shape index (κ3) is 4.48. The smallest absolute Gasteiger partial charge is 0.394 e. The number of halogens is 2. The van der Waals surface area contributed by atoms with Gasteiger partial charge < -0.3 is 15.2 Å². The minimum atomic E-state index is -3.24. The van der Waals surface area contributed by atoms with Gasteiger partial charge in [-0.1, -0.05) is 0 Å². The van der Waals surface area contributed by atoms with Gasteiger partial charge in [-0.05, 0) is 41.6 Å². The second kappa shape index (κ2) is 7.40. The summed E-state index contributed by atoms with van der Waals surface area (Å²) in [6.45, 7) is 0.814. The molecule has 26 heavy (non-hydrogen) atoms. The van der Waals surface area contributed by atoms with E-state index in [1.54, 1.807) is 30.5 Å². The van der Waals surface area contributed by atoms with Crippen molar-refractivity contribution in [1.29, 1.82) is 0 Å². The molecule has 0 saturated heterocycles. The van der Waals surface area contributed by atoms with Gasteiger partial charge in [-0.2, -0.15) is 13.6 Å². The topological polar surface area (TPSA) is 98.0 Å². The molecule has 0 amide bonds. The van der Waals surface area contributed by atoms with Gasteiger partial charge >= 0.3 is 6.11 Å². The van der Waals surface area contributed by atoms with Gasteiger partial charge in [0.1, 0.15) is 11.6 Å². The Morgan fingerprint density at radius 3 is 2.69 bits per heavy atom. The van der Waals surface area contributed by atoms with E-state index in [1.807, 2.05) is 0 Å². The molecule has 0 bridgehead atoms. The van der Waals surface area contributed by atoms with Crippen molar-refractivity contribution in [1.82, 2.24) is 25.2 Å². The van der Waals surface area contributed by atoms with Crippen LogP contribution in [0, 0.1) is 0 Å². The van der Waals surface area contributed by atoms with Crippen LogP contribution in [0.2, 0.25) is 0 Å². The predicted molar refractivity (Wildman–Crippen MR) is 89.1 cm³/mol. The van der Waals surface area contributed by atoms with E-state index in [2.05, 4.69) is 30.4 Å². The van der Waals surface area contributed by atoms with Crippen LogP contribution in [0.5, 0.6) is 5.75 Å². The Hall–Kier alpha value is -3.14. The lowest BCUT2D eigenvalue weighted by Gasteiger charge is -2.13. The van der Waals surface area contributed by atoms with E-state index in [4.69, 9.17) is 5.11 Å². The Morgan fingerprint density at radius 1 is 1.23 bits per heavy atom. The first-order valence-corrected chi connectivity index (χ1v) is 7.72. The van der Waals surface area contributed by atoms with Crippen LogP contribution in [0.15, 0.2) is 42.6 Å². The first-order valence-electron chi connectivity index (χ1n) is 7.72. The number of pyridine rings is 1. The molecule has 2 heterocycles. The van der Waals surface area contributed by atoms with Crippen molar-refractivity contribution in [3.8, 4) is 17.1 Å². The number of rotatable bonds is 7. The normalized spacial score (nSPS) is 11.4. The molecule has 0 spiro atoms. The van der Waals surface area contributed by atoms with Crippen LogP contribution in [0.3, 0.4) is 0 Å². The number of hydrogen-bond acceptors (Lipinski definition) is 7. The lowest BCUT2D eigenvalue weighted by molar-refractivity contribution is -0.158. The molecule has 0 fully saturated rings. The summed E-state index contributed by atoms with van der Waals surface area (Å²) >= 11 is 0. The van der Waals surface area contributed by atoms with Crippen molar-refractivity contribution >= 4 is 11.5 Å². The van der Waals surface area contributed by atoms with Crippen molar-refractivity contribution in [2.75, 3.05) is 11.9 Å². The number of aliphatic hydroxyl groups is 1. The Labute approximate surface area is 147 Å². The van der Waals surface area contributed by atoms with Crippen molar-refractivity contribution < 1.29 is 18.6 Å². The molecule has 0 atom stereocenters. The highest BCUT2D eigenvalue weighted by molar-refractivity contribution is 5.73. The maximum absolute atomic E-state index is 12.9. The van der Waals surface area contributed by atoms with E-state index >= 15 is 0 Å². The standard InChI is InChI=1S/C16H16F2N6O2/c1-16(17,18)26-12-6-4-11(5-7-12)20-14-13(3-2-8-19-14)15-21-23-24(22-15)9-10-25/h2-8,25H,9-10H2,1H3,(H,19,20). The Bertz CT molecular complexity index is 864. The highest BCUT2D eigenvalue weighted by atomic mass is 19.3. The molecule has 0 aliphatic rings. The average Bonchev–Trinajstić information content (AvgIpc) is 3.05. The molecule has 3 rings (SSSR count). The maximum atomic E-state index is 12.9. The molecule has 0 aliphatic carbocycles. The zero-order valence-corrected chi connectivity index (χ0v) is 13.8. The third-order valence-corrected chi connectivity index (χ3v) is 3.22.